The summed E-state index contributed by atoms with van der Waals surface area (Å²) in [4.78, 5) is 21.0. The maximum absolute atomic E-state index is 12.9. The van der Waals surface area contributed by atoms with Crippen LogP contribution in [0.5, 0.6) is 5.75 Å². The van der Waals surface area contributed by atoms with Crippen LogP contribution in [0.15, 0.2) is 97.6 Å². The fraction of sp³-hybridized carbons (Fsp3) is 0.0417. The number of carbonyl (C=O) groups is 1. The van der Waals surface area contributed by atoms with Crippen LogP contribution in [0.4, 0.5) is 5.69 Å². The summed E-state index contributed by atoms with van der Waals surface area (Å²) in [7, 11) is 0. The first kappa shape index (κ1) is 18.4. The number of carbonyl (C=O) groups excluding carboxylic acids is 1. The van der Waals surface area contributed by atoms with Crippen LogP contribution in [0.3, 0.4) is 0 Å². The quantitative estimate of drug-likeness (QED) is 0.512. The van der Waals surface area contributed by atoms with Gasteiger partial charge in [0.2, 0.25) is 0 Å². The van der Waals surface area contributed by atoms with Crippen molar-refractivity contribution >= 4 is 11.6 Å². The van der Waals surface area contributed by atoms with E-state index in [1.54, 1.807) is 43.0 Å². The topological polar surface area (TPSA) is 64.1 Å². The third kappa shape index (κ3) is 4.65. The Hall–Kier alpha value is -3.99. The monoisotopic (exact) mass is 381 g/mol. The summed E-state index contributed by atoms with van der Waals surface area (Å²) in [6.45, 7) is 0.369. The number of hydrogen-bond acceptors (Lipinski definition) is 4. The number of anilines is 1. The van der Waals surface area contributed by atoms with E-state index in [9.17, 15) is 4.79 Å². The molecule has 0 bridgehead atoms. The Morgan fingerprint density at radius 2 is 1.66 bits per heavy atom. The van der Waals surface area contributed by atoms with Crippen LogP contribution in [0.25, 0.3) is 11.1 Å². The molecule has 0 saturated heterocycles. The van der Waals surface area contributed by atoms with Crippen LogP contribution in [0, 0.1) is 0 Å². The van der Waals surface area contributed by atoms with Gasteiger partial charge in [0.15, 0.2) is 0 Å². The Balaban J connectivity index is 1.64. The molecule has 0 saturated carbocycles. The van der Waals surface area contributed by atoms with Gasteiger partial charge in [-0.15, -0.1) is 0 Å². The van der Waals surface area contributed by atoms with Crippen molar-refractivity contribution in [3.05, 3.63) is 109 Å². The number of rotatable bonds is 6. The summed E-state index contributed by atoms with van der Waals surface area (Å²) in [6.07, 6.45) is 6.74. The molecule has 0 unspecified atom stereocenters. The van der Waals surface area contributed by atoms with Crippen LogP contribution < -0.4 is 10.1 Å². The van der Waals surface area contributed by atoms with E-state index in [0.717, 1.165) is 16.7 Å². The summed E-state index contributed by atoms with van der Waals surface area (Å²) in [5, 5.41) is 2.86. The predicted molar refractivity (Wildman–Crippen MR) is 113 cm³/mol. The Morgan fingerprint density at radius 1 is 0.828 bits per heavy atom. The molecule has 2 aromatic carbocycles. The van der Waals surface area contributed by atoms with Crippen LogP contribution in [-0.4, -0.2) is 15.9 Å². The summed E-state index contributed by atoms with van der Waals surface area (Å²) in [6, 6.07) is 22.8. The van der Waals surface area contributed by atoms with Crippen molar-refractivity contribution in [2.45, 2.75) is 6.61 Å². The molecule has 2 heterocycles. The van der Waals surface area contributed by atoms with Crippen LogP contribution >= 0.6 is 0 Å². The first-order valence-electron chi connectivity index (χ1n) is 9.22. The van der Waals surface area contributed by atoms with Gasteiger partial charge in [0.25, 0.3) is 5.91 Å². The molecule has 0 spiro atoms. The van der Waals surface area contributed by atoms with Crippen molar-refractivity contribution in [3.8, 4) is 16.9 Å². The lowest BCUT2D eigenvalue weighted by Gasteiger charge is -2.14. The molecule has 4 aromatic rings. The van der Waals surface area contributed by atoms with Crippen LogP contribution in [0.2, 0.25) is 0 Å². The Kier molecular flexibility index (Phi) is 5.58. The van der Waals surface area contributed by atoms with Crippen molar-refractivity contribution in [1.29, 1.82) is 0 Å². The van der Waals surface area contributed by atoms with Gasteiger partial charge in [-0.3, -0.25) is 14.8 Å². The number of nitrogens with one attached hydrogen (secondary N) is 1. The molecule has 29 heavy (non-hydrogen) atoms. The average Bonchev–Trinajstić information content (AvgIpc) is 2.79. The van der Waals surface area contributed by atoms with E-state index in [0.29, 0.717) is 23.6 Å². The Bertz CT molecular complexity index is 1080. The number of ether oxygens (including phenoxy) is 1. The molecular formula is C24H19N3O2. The van der Waals surface area contributed by atoms with E-state index in [4.69, 9.17) is 4.74 Å². The maximum Gasteiger partial charge on any atom is 0.259 e. The zero-order valence-corrected chi connectivity index (χ0v) is 15.7. The molecule has 5 heteroatoms. The van der Waals surface area contributed by atoms with E-state index in [2.05, 4.69) is 15.3 Å². The highest BCUT2D eigenvalue weighted by Crippen LogP contribution is 2.28. The first-order valence-corrected chi connectivity index (χ1v) is 9.22. The molecule has 0 aliphatic carbocycles. The summed E-state index contributed by atoms with van der Waals surface area (Å²) in [5.74, 6) is 0.270. The highest BCUT2D eigenvalue weighted by Gasteiger charge is 2.15. The molecule has 5 nitrogen and oxygen atoms in total. The molecule has 1 amide bonds. The zero-order valence-electron chi connectivity index (χ0n) is 15.7. The third-order valence-electron chi connectivity index (χ3n) is 4.40. The Morgan fingerprint density at radius 3 is 2.41 bits per heavy atom. The number of benzene rings is 2. The van der Waals surface area contributed by atoms with Crippen LogP contribution in [-0.2, 0) is 6.61 Å². The molecule has 4 rings (SSSR count). The molecule has 1 N–H and O–H groups in total. The van der Waals surface area contributed by atoms with Crippen molar-refractivity contribution in [1.82, 2.24) is 9.97 Å². The molecule has 0 aliphatic rings. The molecule has 0 atom stereocenters. The first-order chi connectivity index (χ1) is 14.3. The SMILES string of the molecule is O=C(Nc1cccnc1)c1ccc(-c2ccncc2)cc1OCc1ccccc1. The summed E-state index contributed by atoms with van der Waals surface area (Å²) in [5.41, 5.74) is 4.07. The van der Waals surface area contributed by atoms with Crippen molar-refractivity contribution in [2.24, 2.45) is 0 Å². The Labute approximate surface area is 169 Å². The minimum Gasteiger partial charge on any atom is -0.488 e. The molecule has 2 aromatic heterocycles. The lowest BCUT2D eigenvalue weighted by atomic mass is 10.0. The number of hydrogen-bond donors (Lipinski definition) is 1. The number of pyridine rings is 2. The van der Waals surface area contributed by atoms with Gasteiger partial charge in [-0.1, -0.05) is 36.4 Å². The summed E-state index contributed by atoms with van der Waals surface area (Å²) >= 11 is 0. The van der Waals surface area contributed by atoms with Crippen LogP contribution in [0.1, 0.15) is 15.9 Å². The predicted octanol–water partition coefficient (Wildman–Crippen LogP) is 4.97. The molecular weight excluding hydrogens is 362 g/mol. The van der Waals surface area contributed by atoms with Gasteiger partial charge in [-0.25, -0.2) is 0 Å². The minimum absolute atomic E-state index is 0.248. The molecule has 0 radical (unpaired) electrons. The molecule has 142 valence electrons. The van der Waals surface area contributed by atoms with E-state index in [1.807, 2.05) is 54.6 Å². The second kappa shape index (κ2) is 8.80. The van der Waals surface area contributed by atoms with Crippen molar-refractivity contribution in [3.63, 3.8) is 0 Å². The second-order valence-electron chi connectivity index (χ2n) is 6.42. The standard InChI is InChI=1S/C24H19N3O2/c28-24(27-21-7-4-12-26-16-21)22-9-8-20(19-10-13-25-14-11-19)15-23(22)29-17-18-5-2-1-3-6-18/h1-16H,17H2,(H,27,28). The minimum atomic E-state index is -0.248. The van der Waals surface area contributed by atoms with Crippen molar-refractivity contribution in [2.75, 3.05) is 5.32 Å². The molecule has 0 aliphatic heterocycles. The van der Waals surface area contributed by atoms with Crippen molar-refractivity contribution < 1.29 is 9.53 Å². The fourth-order valence-corrected chi connectivity index (χ4v) is 2.92. The highest BCUT2D eigenvalue weighted by atomic mass is 16.5. The van der Waals surface area contributed by atoms with E-state index in [1.165, 1.54) is 0 Å². The number of amides is 1. The van der Waals surface area contributed by atoms with Gasteiger partial charge in [-0.05, 0) is 53.1 Å². The zero-order chi connectivity index (χ0) is 19.9. The van der Waals surface area contributed by atoms with Gasteiger partial charge in [0.05, 0.1) is 17.4 Å². The summed E-state index contributed by atoms with van der Waals surface area (Å²) < 4.78 is 6.05. The van der Waals surface area contributed by atoms with E-state index in [-0.39, 0.29) is 5.91 Å². The lowest BCUT2D eigenvalue weighted by molar-refractivity contribution is 0.102. The van der Waals surface area contributed by atoms with E-state index < -0.39 is 0 Å². The normalized spacial score (nSPS) is 10.3. The molecule has 0 fully saturated rings. The van der Waals surface area contributed by atoms with Gasteiger partial charge >= 0.3 is 0 Å². The van der Waals surface area contributed by atoms with Gasteiger partial charge in [0, 0.05) is 18.6 Å². The van der Waals surface area contributed by atoms with Gasteiger partial charge in [-0.2, -0.15) is 0 Å². The maximum atomic E-state index is 12.9. The number of aromatic nitrogens is 2. The third-order valence-corrected chi connectivity index (χ3v) is 4.40. The smallest absolute Gasteiger partial charge is 0.259 e. The van der Waals surface area contributed by atoms with Gasteiger partial charge in [0.1, 0.15) is 12.4 Å². The highest BCUT2D eigenvalue weighted by molar-refractivity contribution is 6.06. The van der Waals surface area contributed by atoms with E-state index >= 15 is 0 Å². The number of nitrogens with zero attached hydrogens (tertiary/aromatic N) is 2. The second-order valence-corrected chi connectivity index (χ2v) is 6.42. The largest absolute Gasteiger partial charge is 0.488 e. The average molecular weight is 381 g/mol. The lowest BCUT2D eigenvalue weighted by Crippen LogP contribution is -2.14. The fourth-order valence-electron chi connectivity index (χ4n) is 2.92. The van der Waals surface area contributed by atoms with Gasteiger partial charge < -0.3 is 10.1 Å².